The summed E-state index contributed by atoms with van der Waals surface area (Å²) in [6.45, 7) is 4.21. The lowest BCUT2D eigenvalue weighted by Gasteiger charge is -2.15. The highest BCUT2D eigenvalue weighted by Crippen LogP contribution is 2.36. The topological polar surface area (TPSA) is 24.1 Å². The summed E-state index contributed by atoms with van der Waals surface area (Å²) < 4.78 is 0. The van der Waals surface area contributed by atoms with Crippen molar-refractivity contribution < 1.29 is 0 Å². The van der Waals surface area contributed by atoms with Crippen LogP contribution in [0.2, 0.25) is 0 Å². The number of nitrogens with one attached hydrogen (secondary N) is 2. The molecule has 0 heterocycles. The summed E-state index contributed by atoms with van der Waals surface area (Å²) in [7, 11) is 0. The smallest absolute Gasteiger partial charge is 0.0390 e. The lowest BCUT2D eigenvalue weighted by atomic mass is 9.94. The minimum Gasteiger partial charge on any atom is -0.356 e. The fourth-order valence-corrected chi connectivity index (χ4v) is 4.07. The van der Waals surface area contributed by atoms with Gasteiger partial charge in [0.05, 0.1) is 0 Å². The van der Waals surface area contributed by atoms with Crippen molar-refractivity contribution in [1.82, 2.24) is 0 Å². The summed E-state index contributed by atoms with van der Waals surface area (Å²) in [6.07, 6.45) is 0. The van der Waals surface area contributed by atoms with E-state index in [0.717, 1.165) is 22.7 Å². The molecule has 0 fully saturated rings. The molecule has 2 nitrogen and oxygen atoms in total. The van der Waals surface area contributed by atoms with Crippen molar-refractivity contribution in [1.29, 1.82) is 0 Å². The Morgan fingerprint density at radius 3 is 1.38 bits per heavy atom. The van der Waals surface area contributed by atoms with Crippen molar-refractivity contribution in [3.8, 4) is 22.3 Å². The molecule has 0 amide bonds. The number of benzene rings is 5. The highest BCUT2D eigenvalue weighted by Gasteiger charge is 2.10. The van der Waals surface area contributed by atoms with E-state index in [9.17, 15) is 0 Å². The quantitative estimate of drug-likeness (QED) is 0.275. The zero-order chi connectivity index (χ0) is 23.3. The SMILES string of the molecule is Cc1ccc(Nc2ccc(-c3ccc(Nc4ccc(C)cc4)cc3-c3ccccc3)cc2)cc1. The van der Waals surface area contributed by atoms with E-state index in [2.05, 4.69) is 146 Å². The average molecular weight is 441 g/mol. The standard InChI is InChI=1S/C32H28N2/c1-23-8-14-27(15-9-23)33-29-18-12-26(13-19-29)31-21-20-30(34-28-16-10-24(2)11-17-28)22-32(31)25-6-4-3-5-7-25/h3-22,33-34H,1-2H3. The van der Waals surface area contributed by atoms with Gasteiger partial charge in [-0.25, -0.2) is 0 Å². The first-order valence-corrected chi connectivity index (χ1v) is 11.6. The van der Waals surface area contributed by atoms with Crippen molar-refractivity contribution in [3.63, 3.8) is 0 Å². The van der Waals surface area contributed by atoms with Crippen LogP contribution in [0.15, 0.2) is 121 Å². The van der Waals surface area contributed by atoms with Gasteiger partial charge in [-0.05, 0) is 84.6 Å². The first kappa shape index (κ1) is 21.5. The van der Waals surface area contributed by atoms with Crippen molar-refractivity contribution in [3.05, 3.63) is 132 Å². The van der Waals surface area contributed by atoms with Gasteiger partial charge in [-0.15, -0.1) is 0 Å². The van der Waals surface area contributed by atoms with E-state index in [1.54, 1.807) is 0 Å². The molecule has 34 heavy (non-hydrogen) atoms. The second-order valence-corrected chi connectivity index (χ2v) is 8.69. The highest BCUT2D eigenvalue weighted by atomic mass is 14.9. The lowest BCUT2D eigenvalue weighted by molar-refractivity contribution is 1.45. The second-order valence-electron chi connectivity index (χ2n) is 8.69. The van der Waals surface area contributed by atoms with Gasteiger partial charge in [-0.3, -0.25) is 0 Å². The maximum Gasteiger partial charge on any atom is 0.0390 e. The maximum atomic E-state index is 3.55. The monoisotopic (exact) mass is 440 g/mol. The molecule has 0 aromatic heterocycles. The van der Waals surface area contributed by atoms with Crippen LogP contribution in [0, 0.1) is 13.8 Å². The molecule has 2 heteroatoms. The Balaban J connectivity index is 1.46. The van der Waals surface area contributed by atoms with Gasteiger partial charge >= 0.3 is 0 Å². The zero-order valence-corrected chi connectivity index (χ0v) is 19.5. The molecule has 0 aliphatic heterocycles. The first-order valence-electron chi connectivity index (χ1n) is 11.6. The number of hydrogen-bond acceptors (Lipinski definition) is 2. The first-order chi connectivity index (χ1) is 16.6. The van der Waals surface area contributed by atoms with Crippen LogP contribution in [0.3, 0.4) is 0 Å². The van der Waals surface area contributed by atoms with Crippen LogP contribution < -0.4 is 10.6 Å². The molecule has 166 valence electrons. The van der Waals surface area contributed by atoms with Crippen molar-refractivity contribution in [2.75, 3.05) is 10.6 Å². The second kappa shape index (κ2) is 9.68. The summed E-state index contributed by atoms with van der Waals surface area (Å²) in [5, 5.41) is 7.04. The summed E-state index contributed by atoms with van der Waals surface area (Å²) >= 11 is 0. The number of anilines is 4. The van der Waals surface area contributed by atoms with Crippen LogP contribution in [-0.2, 0) is 0 Å². The van der Waals surface area contributed by atoms with Crippen LogP contribution in [0.25, 0.3) is 22.3 Å². The molecular weight excluding hydrogens is 412 g/mol. The molecule has 0 saturated carbocycles. The van der Waals surface area contributed by atoms with E-state index in [0.29, 0.717) is 0 Å². The molecule has 0 aliphatic rings. The Kier molecular flexibility index (Phi) is 6.13. The van der Waals surface area contributed by atoms with Crippen molar-refractivity contribution in [2.45, 2.75) is 13.8 Å². The van der Waals surface area contributed by atoms with Gasteiger partial charge in [0.15, 0.2) is 0 Å². The van der Waals surface area contributed by atoms with Crippen LogP contribution >= 0.6 is 0 Å². The van der Waals surface area contributed by atoms with Crippen LogP contribution in [0.4, 0.5) is 22.7 Å². The van der Waals surface area contributed by atoms with E-state index < -0.39 is 0 Å². The lowest BCUT2D eigenvalue weighted by Crippen LogP contribution is -1.93. The highest BCUT2D eigenvalue weighted by molar-refractivity contribution is 5.87. The third-order valence-corrected chi connectivity index (χ3v) is 5.98. The molecule has 0 aliphatic carbocycles. The fraction of sp³-hybridized carbons (Fsp3) is 0.0625. The predicted octanol–water partition coefficient (Wildman–Crippen LogP) is 9.12. The van der Waals surface area contributed by atoms with Crippen molar-refractivity contribution >= 4 is 22.7 Å². The summed E-state index contributed by atoms with van der Waals surface area (Å²) in [4.78, 5) is 0. The summed E-state index contributed by atoms with van der Waals surface area (Å²) in [5.41, 5.74) is 11.6. The minimum atomic E-state index is 1.07. The molecule has 5 aromatic rings. The van der Waals surface area contributed by atoms with Crippen LogP contribution in [0.1, 0.15) is 11.1 Å². The van der Waals surface area contributed by atoms with E-state index in [1.807, 2.05) is 0 Å². The zero-order valence-electron chi connectivity index (χ0n) is 19.5. The molecule has 0 spiro atoms. The number of aryl methyl sites for hydroxylation is 2. The van der Waals surface area contributed by atoms with Gasteiger partial charge in [0, 0.05) is 22.7 Å². The largest absolute Gasteiger partial charge is 0.356 e. The molecule has 0 saturated heterocycles. The van der Waals surface area contributed by atoms with Crippen LogP contribution in [-0.4, -0.2) is 0 Å². The van der Waals surface area contributed by atoms with Gasteiger partial charge in [0.1, 0.15) is 0 Å². The summed E-state index contributed by atoms with van der Waals surface area (Å²) in [5.74, 6) is 0. The van der Waals surface area contributed by atoms with Crippen molar-refractivity contribution in [2.24, 2.45) is 0 Å². The molecule has 5 aromatic carbocycles. The Morgan fingerprint density at radius 1 is 0.382 bits per heavy atom. The molecule has 2 N–H and O–H groups in total. The fourth-order valence-electron chi connectivity index (χ4n) is 4.07. The molecule has 5 rings (SSSR count). The van der Waals surface area contributed by atoms with Gasteiger partial charge < -0.3 is 10.6 Å². The predicted molar refractivity (Wildman–Crippen MR) is 146 cm³/mol. The van der Waals surface area contributed by atoms with Gasteiger partial charge in [-0.1, -0.05) is 83.9 Å². The molecule has 0 atom stereocenters. The normalized spacial score (nSPS) is 10.6. The summed E-state index contributed by atoms with van der Waals surface area (Å²) in [6, 6.07) is 42.8. The van der Waals surface area contributed by atoms with E-state index in [4.69, 9.17) is 0 Å². The average Bonchev–Trinajstić information content (AvgIpc) is 2.88. The molecule has 0 bridgehead atoms. The van der Waals surface area contributed by atoms with Crippen LogP contribution in [0.5, 0.6) is 0 Å². The van der Waals surface area contributed by atoms with Gasteiger partial charge in [0.2, 0.25) is 0 Å². The Hall–Kier alpha value is -4.30. The molecule has 0 unspecified atom stereocenters. The third-order valence-electron chi connectivity index (χ3n) is 5.98. The Morgan fingerprint density at radius 2 is 0.824 bits per heavy atom. The Bertz CT molecular complexity index is 1370. The van der Waals surface area contributed by atoms with Gasteiger partial charge in [-0.2, -0.15) is 0 Å². The maximum absolute atomic E-state index is 3.55. The Labute approximate surface area is 201 Å². The number of rotatable bonds is 6. The third kappa shape index (κ3) is 5.02. The molecular formula is C32H28N2. The van der Waals surface area contributed by atoms with E-state index >= 15 is 0 Å². The van der Waals surface area contributed by atoms with E-state index in [1.165, 1.54) is 33.4 Å². The van der Waals surface area contributed by atoms with Gasteiger partial charge in [0.25, 0.3) is 0 Å². The molecule has 0 radical (unpaired) electrons. The van der Waals surface area contributed by atoms with E-state index in [-0.39, 0.29) is 0 Å². The minimum absolute atomic E-state index is 1.07. The number of hydrogen-bond donors (Lipinski definition) is 2.